The summed E-state index contributed by atoms with van der Waals surface area (Å²) in [6, 6.07) is 18.6. The number of carbonyl (C=O) groups excluding carboxylic acids is 2. The van der Waals surface area contributed by atoms with Gasteiger partial charge in [-0.3, -0.25) is 9.59 Å². The van der Waals surface area contributed by atoms with Crippen molar-refractivity contribution in [1.29, 1.82) is 0 Å². The first kappa shape index (κ1) is 15.7. The van der Waals surface area contributed by atoms with E-state index in [1.165, 1.54) is 0 Å². The van der Waals surface area contributed by atoms with E-state index >= 15 is 0 Å². The maximum atomic E-state index is 13.1. The lowest BCUT2D eigenvalue weighted by Gasteiger charge is -2.19. The van der Waals surface area contributed by atoms with Crippen LogP contribution in [0.15, 0.2) is 70.5 Å². The van der Waals surface area contributed by atoms with Gasteiger partial charge in [-0.25, -0.2) is 0 Å². The lowest BCUT2D eigenvalue weighted by Crippen LogP contribution is -2.20. The monoisotopic (exact) mass is 372 g/mol. The van der Waals surface area contributed by atoms with E-state index in [4.69, 9.17) is 0 Å². The van der Waals surface area contributed by atoms with Gasteiger partial charge in [-0.15, -0.1) is 25.3 Å². The molecule has 0 saturated heterocycles. The molecule has 4 heteroatoms. The second-order valence-corrected chi connectivity index (χ2v) is 7.55. The Labute approximate surface area is 160 Å². The second kappa shape index (κ2) is 5.47. The molecule has 4 aromatic carbocycles. The first-order chi connectivity index (χ1) is 12.5. The molecule has 1 aliphatic carbocycles. The van der Waals surface area contributed by atoms with Crippen LogP contribution < -0.4 is 0 Å². The number of ketones is 2. The molecule has 0 amide bonds. The molecule has 0 spiro atoms. The SMILES string of the molecule is O=C1c2cc3ccc(S)cc3cc2C(=O)c2cc3ccc(S)cc3cc21. The van der Waals surface area contributed by atoms with Crippen molar-refractivity contribution in [3.05, 3.63) is 82.9 Å². The van der Waals surface area contributed by atoms with E-state index in [1.54, 1.807) is 24.3 Å². The molecule has 2 nitrogen and oxygen atoms in total. The van der Waals surface area contributed by atoms with Crippen molar-refractivity contribution in [2.24, 2.45) is 0 Å². The highest BCUT2D eigenvalue weighted by atomic mass is 32.1. The number of hydrogen-bond donors (Lipinski definition) is 2. The third-order valence-electron chi connectivity index (χ3n) is 4.90. The second-order valence-electron chi connectivity index (χ2n) is 6.52. The van der Waals surface area contributed by atoms with Gasteiger partial charge in [0, 0.05) is 32.0 Å². The van der Waals surface area contributed by atoms with E-state index in [2.05, 4.69) is 25.3 Å². The van der Waals surface area contributed by atoms with Crippen LogP contribution in [-0.4, -0.2) is 11.6 Å². The maximum Gasteiger partial charge on any atom is 0.194 e. The third kappa shape index (κ3) is 2.23. The van der Waals surface area contributed by atoms with E-state index in [9.17, 15) is 9.59 Å². The van der Waals surface area contributed by atoms with Crippen molar-refractivity contribution in [2.45, 2.75) is 9.79 Å². The van der Waals surface area contributed by atoms with Crippen molar-refractivity contribution >= 4 is 58.4 Å². The minimum Gasteiger partial charge on any atom is -0.289 e. The lowest BCUT2D eigenvalue weighted by molar-refractivity contribution is 0.0979. The van der Waals surface area contributed by atoms with E-state index in [1.807, 2.05) is 36.4 Å². The fraction of sp³-hybridized carbons (Fsp3) is 0. The highest BCUT2D eigenvalue weighted by Crippen LogP contribution is 2.34. The molecule has 0 saturated carbocycles. The van der Waals surface area contributed by atoms with Crippen LogP contribution in [-0.2, 0) is 0 Å². The normalized spacial score (nSPS) is 13.2. The summed E-state index contributed by atoms with van der Waals surface area (Å²) in [5, 5.41) is 3.65. The van der Waals surface area contributed by atoms with E-state index < -0.39 is 0 Å². The largest absolute Gasteiger partial charge is 0.289 e. The number of hydrogen-bond acceptors (Lipinski definition) is 4. The molecule has 0 fully saturated rings. The molecule has 0 aromatic heterocycles. The number of benzene rings is 4. The van der Waals surface area contributed by atoms with Gasteiger partial charge in [-0.05, 0) is 70.1 Å². The number of fused-ring (bicyclic) bond motifs is 4. The third-order valence-corrected chi connectivity index (χ3v) is 5.46. The van der Waals surface area contributed by atoms with Gasteiger partial charge in [0.1, 0.15) is 0 Å². The maximum absolute atomic E-state index is 13.1. The van der Waals surface area contributed by atoms with Crippen molar-refractivity contribution in [2.75, 3.05) is 0 Å². The lowest BCUT2D eigenvalue weighted by atomic mass is 9.81. The topological polar surface area (TPSA) is 34.1 Å². The molecular weight excluding hydrogens is 360 g/mol. The molecule has 0 atom stereocenters. The summed E-state index contributed by atoms with van der Waals surface area (Å²) >= 11 is 8.72. The highest BCUT2D eigenvalue weighted by Gasteiger charge is 2.30. The zero-order valence-electron chi connectivity index (χ0n) is 13.5. The molecule has 1 aliphatic rings. The summed E-state index contributed by atoms with van der Waals surface area (Å²) in [6.45, 7) is 0. The highest BCUT2D eigenvalue weighted by molar-refractivity contribution is 7.80. The predicted octanol–water partition coefficient (Wildman–Crippen LogP) is 5.35. The fourth-order valence-corrected chi connectivity index (χ4v) is 4.04. The van der Waals surface area contributed by atoms with Crippen molar-refractivity contribution in [3.8, 4) is 0 Å². The summed E-state index contributed by atoms with van der Waals surface area (Å²) in [4.78, 5) is 27.9. The molecular formula is C22H12O2S2. The van der Waals surface area contributed by atoms with Gasteiger partial charge in [-0.2, -0.15) is 0 Å². The average Bonchev–Trinajstić information content (AvgIpc) is 2.63. The van der Waals surface area contributed by atoms with E-state index in [0.29, 0.717) is 22.3 Å². The van der Waals surface area contributed by atoms with Crippen LogP contribution >= 0.6 is 25.3 Å². The number of thiol groups is 2. The minimum absolute atomic E-state index is 0.113. The van der Waals surface area contributed by atoms with Crippen molar-refractivity contribution in [1.82, 2.24) is 0 Å². The van der Waals surface area contributed by atoms with Crippen LogP contribution in [0.2, 0.25) is 0 Å². The summed E-state index contributed by atoms with van der Waals surface area (Å²) in [5.41, 5.74) is 1.84. The van der Waals surface area contributed by atoms with Crippen LogP contribution in [0.4, 0.5) is 0 Å². The molecule has 0 radical (unpaired) electrons. The zero-order chi connectivity index (χ0) is 18.0. The quantitative estimate of drug-likeness (QED) is 0.360. The predicted molar refractivity (Wildman–Crippen MR) is 109 cm³/mol. The zero-order valence-corrected chi connectivity index (χ0v) is 15.3. The first-order valence-corrected chi connectivity index (χ1v) is 9.04. The fourth-order valence-electron chi connectivity index (χ4n) is 3.61. The molecule has 26 heavy (non-hydrogen) atoms. The Kier molecular flexibility index (Phi) is 3.30. The molecule has 0 heterocycles. The molecule has 0 aliphatic heterocycles. The number of carbonyl (C=O) groups is 2. The summed E-state index contributed by atoms with van der Waals surface area (Å²) < 4.78 is 0. The Hall–Kier alpha value is -2.56. The van der Waals surface area contributed by atoms with Gasteiger partial charge < -0.3 is 0 Å². The Morgan fingerprint density at radius 3 is 1.19 bits per heavy atom. The van der Waals surface area contributed by atoms with E-state index in [-0.39, 0.29) is 11.6 Å². The summed E-state index contributed by atoms with van der Waals surface area (Å²) in [6.07, 6.45) is 0. The Bertz CT molecular complexity index is 1190. The molecule has 0 unspecified atom stereocenters. The number of rotatable bonds is 0. The van der Waals surface area contributed by atoms with Gasteiger partial charge in [0.15, 0.2) is 11.6 Å². The van der Waals surface area contributed by atoms with Gasteiger partial charge in [0.25, 0.3) is 0 Å². The summed E-state index contributed by atoms with van der Waals surface area (Å²) in [5.74, 6) is -0.226. The minimum atomic E-state index is -0.113. The van der Waals surface area contributed by atoms with E-state index in [0.717, 1.165) is 31.3 Å². The van der Waals surface area contributed by atoms with Crippen LogP contribution in [0.25, 0.3) is 21.5 Å². The molecule has 0 bridgehead atoms. The smallest absolute Gasteiger partial charge is 0.194 e. The van der Waals surface area contributed by atoms with Crippen LogP contribution in [0.1, 0.15) is 31.8 Å². The Balaban J connectivity index is 1.81. The average molecular weight is 372 g/mol. The van der Waals surface area contributed by atoms with Crippen LogP contribution in [0, 0.1) is 0 Å². The van der Waals surface area contributed by atoms with Gasteiger partial charge in [-0.1, -0.05) is 12.1 Å². The first-order valence-electron chi connectivity index (χ1n) is 8.14. The molecule has 124 valence electrons. The van der Waals surface area contributed by atoms with Crippen LogP contribution in [0.5, 0.6) is 0 Å². The summed E-state index contributed by atoms with van der Waals surface area (Å²) in [7, 11) is 0. The standard InChI is InChI=1S/C22H12O2S2/c23-21-17-7-11-1-3-15(25)5-13(11)9-19(17)22(24)18-8-12-2-4-16(26)6-14(12)10-20(18)21/h1-10,25-26H. The van der Waals surface area contributed by atoms with Crippen molar-refractivity contribution < 1.29 is 9.59 Å². The van der Waals surface area contributed by atoms with Crippen molar-refractivity contribution in [3.63, 3.8) is 0 Å². The molecule has 5 rings (SSSR count). The van der Waals surface area contributed by atoms with Gasteiger partial charge >= 0.3 is 0 Å². The Morgan fingerprint density at radius 2 is 0.808 bits per heavy atom. The Morgan fingerprint density at radius 1 is 0.462 bits per heavy atom. The van der Waals surface area contributed by atoms with Crippen LogP contribution in [0.3, 0.4) is 0 Å². The molecule has 4 aromatic rings. The molecule has 0 N–H and O–H groups in total. The van der Waals surface area contributed by atoms with Gasteiger partial charge in [0.2, 0.25) is 0 Å². The van der Waals surface area contributed by atoms with Gasteiger partial charge in [0.05, 0.1) is 0 Å².